The van der Waals surface area contributed by atoms with E-state index in [2.05, 4.69) is 4.89 Å². The smallest absolute Gasteiger partial charge is 1.00 e. The molecule has 1 aromatic carbocycles. The maximum atomic E-state index is 10.8. The van der Waals surface area contributed by atoms with Crippen molar-refractivity contribution in [3.63, 3.8) is 0 Å². The maximum absolute atomic E-state index is 10.8. The van der Waals surface area contributed by atoms with Gasteiger partial charge in [-0.3, -0.25) is 24.1 Å². The fourth-order valence-corrected chi connectivity index (χ4v) is 2.77. The first-order valence-electron chi connectivity index (χ1n) is 8.22. The molecule has 0 unspecified atom stereocenters. The van der Waals surface area contributed by atoms with Crippen LogP contribution in [0, 0.1) is 0 Å². The summed E-state index contributed by atoms with van der Waals surface area (Å²) in [5, 5.41) is 43.5. The van der Waals surface area contributed by atoms with Crippen molar-refractivity contribution in [2.75, 3.05) is 0 Å². The molecule has 0 aliphatic heterocycles. The van der Waals surface area contributed by atoms with Crippen LogP contribution < -0.4 is 62.9 Å². The van der Waals surface area contributed by atoms with Crippen LogP contribution >= 0.6 is 11.6 Å². The van der Waals surface area contributed by atoms with E-state index in [1.807, 2.05) is 0 Å². The summed E-state index contributed by atoms with van der Waals surface area (Å²) in [4.78, 5) is 57.3. The number of carboxylic acids is 4. The Hall–Kier alpha value is -1.62. The van der Waals surface area contributed by atoms with Gasteiger partial charge < -0.3 is 33.3 Å². The molecule has 1 aromatic rings. The molecule has 0 atom stereocenters. The predicted octanol–water partition coefficient (Wildman–Crippen LogP) is -2.63. The van der Waals surface area contributed by atoms with Crippen LogP contribution in [0.15, 0.2) is 24.3 Å². The second-order valence-corrected chi connectivity index (χ2v) is 6.92. The van der Waals surface area contributed by atoms with E-state index in [0.29, 0.717) is 5.02 Å². The molecule has 0 aliphatic rings. The van der Waals surface area contributed by atoms with Crippen LogP contribution in [0.4, 0.5) is 0 Å². The molecule has 0 spiro atoms. The van der Waals surface area contributed by atoms with Gasteiger partial charge in [-0.2, -0.15) is 5.26 Å². The Labute approximate surface area is 230 Å². The summed E-state index contributed by atoms with van der Waals surface area (Å²) in [6.45, 7) is 0. The van der Waals surface area contributed by atoms with E-state index >= 15 is 0 Å². The Kier molecular flexibility index (Phi) is 14.8. The van der Waals surface area contributed by atoms with E-state index in [1.165, 1.54) is 12.1 Å². The van der Waals surface area contributed by atoms with E-state index in [9.17, 15) is 24.0 Å². The number of hydrogen-bond acceptors (Lipinski definition) is 9. The fourth-order valence-electron chi connectivity index (χ4n) is 2.58. The number of rotatable bonds is 10. The molecule has 0 saturated heterocycles. The zero-order valence-corrected chi connectivity index (χ0v) is 20.7. The number of carboxylic acid groups (broad SMARTS) is 4. The van der Waals surface area contributed by atoms with Gasteiger partial charge in [0.25, 0.3) is 0 Å². The topological polar surface area (TPSA) is 248 Å². The molecule has 1 rings (SSSR count). The van der Waals surface area contributed by atoms with Crippen LogP contribution in [0.3, 0.4) is 0 Å². The summed E-state index contributed by atoms with van der Waals surface area (Å²) in [5.74, 6) is -6.87. The third-order valence-corrected chi connectivity index (χ3v) is 4.24. The third kappa shape index (κ3) is 11.3. The maximum Gasteiger partial charge on any atom is 1.00 e. The van der Waals surface area contributed by atoms with Crippen LogP contribution in [-0.2, 0) is 24.1 Å². The van der Waals surface area contributed by atoms with Gasteiger partial charge >= 0.3 is 81.2 Å². The number of aliphatic carboxylic acids is 4. The molecule has 0 heterocycles. The molecule has 174 valence electrons. The van der Waals surface area contributed by atoms with Gasteiger partial charge in [0, 0.05) is 5.02 Å². The van der Waals surface area contributed by atoms with Crippen molar-refractivity contribution >= 4 is 41.4 Å². The third-order valence-electron chi connectivity index (χ3n) is 4.00. The SMILES string of the molecule is NC(CC(=O)O)(CC(=O)O)C(N)(CC(=O)O)CC(=O)O.O=C(OO)c1cccc(Cl)c1.[H-].[K+]. The monoisotopic (exact) mass is 504 g/mol. The zero-order chi connectivity index (χ0) is 24.4. The van der Waals surface area contributed by atoms with Gasteiger partial charge in [0.1, 0.15) is 0 Å². The molecule has 32 heavy (non-hydrogen) atoms. The standard InChI is InChI=1S/C10H16N2O8.C7H5ClO3.K.H/c11-9(1-5(13)14,2-6(15)16)10(12,3-7(17)18)4-8(19)20;8-6-3-1-2-5(4-6)7(9)11-10;;/h1-4,11-12H2,(H,13,14)(H,15,16)(H,17,18)(H,19,20);1-4,10H;;/q;;+1;-1. The van der Waals surface area contributed by atoms with E-state index in [0.717, 1.165) is 0 Å². The minimum atomic E-state index is -2.22. The number of nitrogens with two attached hydrogens (primary N) is 2. The minimum absolute atomic E-state index is 0. The van der Waals surface area contributed by atoms with Crippen LogP contribution in [0.25, 0.3) is 0 Å². The van der Waals surface area contributed by atoms with Crippen LogP contribution in [0.5, 0.6) is 0 Å². The molecular formula is C17H22ClKN2O11. The quantitative estimate of drug-likeness (QED) is 0.0978. The molecule has 0 amide bonds. The zero-order valence-electron chi connectivity index (χ0n) is 17.9. The molecule has 0 aromatic heterocycles. The number of halogens is 1. The van der Waals surface area contributed by atoms with E-state index < -0.39 is 66.6 Å². The Balaban J connectivity index is -0.000000588. The molecule has 0 bridgehead atoms. The van der Waals surface area contributed by atoms with Crippen molar-refractivity contribution in [3.05, 3.63) is 34.9 Å². The summed E-state index contributed by atoms with van der Waals surface area (Å²) in [6.07, 6.45) is -3.90. The average molecular weight is 505 g/mol. The molecule has 0 fully saturated rings. The first kappa shape index (κ1) is 32.6. The first-order valence-corrected chi connectivity index (χ1v) is 8.60. The van der Waals surface area contributed by atoms with Crippen LogP contribution in [0.1, 0.15) is 37.5 Å². The Morgan fingerprint density at radius 2 is 1.19 bits per heavy atom. The second kappa shape index (κ2) is 14.5. The molecule has 0 radical (unpaired) electrons. The van der Waals surface area contributed by atoms with E-state index in [4.69, 9.17) is 48.8 Å². The van der Waals surface area contributed by atoms with Crippen molar-refractivity contribution in [2.45, 2.75) is 36.8 Å². The first-order chi connectivity index (χ1) is 14.2. The minimum Gasteiger partial charge on any atom is -1.00 e. The Bertz CT molecular complexity index is 784. The molecular weight excluding hydrogens is 483 g/mol. The van der Waals surface area contributed by atoms with Crippen LogP contribution in [-0.4, -0.2) is 66.6 Å². The number of hydrogen-bond donors (Lipinski definition) is 7. The summed E-state index contributed by atoms with van der Waals surface area (Å²) < 4.78 is 0. The molecule has 15 heteroatoms. The van der Waals surface area contributed by atoms with Gasteiger partial charge in [-0.15, -0.1) is 0 Å². The van der Waals surface area contributed by atoms with Crippen molar-refractivity contribution in [2.24, 2.45) is 11.5 Å². The van der Waals surface area contributed by atoms with Gasteiger partial charge in [0.15, 0.2) is 0 Å². The normalized spacial score (nSPS) is 10.6. The van der Waals surface area contributed by atoms with Gasteiger partial charge in [-0.1, -0.05) is 17.7 Å². The predicted molar refractivity (Wildman–Crippen MR) is 103 cm³/mol. The summed E-state index contributed by atoms with van der Waals surface area (Å²) in [7, 11) is 0. The van der Waals surface area contributed by atoms with Gasteiger partial charge in [0.05, 0.1) is 42.3 Å². The number of carbonyl (C=O) groups excluding carboxylic acids is 1. The van der Waals surface area contributed by atoms with Gasteiger partial charge in [0.2, 0.25) is 0 Å². The van der Waals surface area contributed by atoms with E-state index in [1.54, 1.807) is 12.1 Å². The van der Waals surface area contributed by atoms with Crippen LogP contribution in [0.2, 0.25) is 5.02 Å². The average Bonchev–Trinajstić information content (AvgIpc) is 2.58. The summed E-state index contributed by atoms with van der Waals surface area (Å²) in [6, 6.07) is 6.11. The fraction of sp³-hybridized carbons (Fsp3) is 0.353. The van der Waals surface area contributed by atoms with Gasteiger partial charge in [-0.05, 0) is 18.2 Å². The second-order valence-electron chi connectivity index (χ2n) is 6.48. The van der Waals surface area contributed by atoms with E-state index in [-0.39, 0.29) is 58.4 Å². The molecule has 9 N–H and O–H groups in total. The molecule has 0 saturated carbocycles. The van der Waals surface area contributed by atoms with Crippen molar-refractivity contribution < 1.29 is 107 Å². The van der Waals surface area contributed by atoms with Crippen molar-refractivity contribution in [1.82, 2.24) is 0 Å². The molecule has 0 aliphatic carbocycles. The largest absolute Gasteiger partial charge is 1.00 e. The summed E-state index contributed by atoms with van der Waals surface area (Å²) in [5.41, 5.74) is 7.10. The van der Waals surface area contributed by atoms with Crippen molar-refractivity contribution in [1.29, 1.82) is 0 Å². The number of carbonyl (C=O) groups is 5. The number of benzene rings is 1. The Morgan fingerprint density at radius 3 is 1.44 bits per heavy atom. The Morgan fingerprint density at radius 1 is 0.844 bits per heavy atom. The van der Waals surface area contributed by atoms with Crippen molar-refractivity contribution in [3.8, 4) is 0 Å². The van der Waals surface area contributed by atoms with Gasteiger partial charge in [-0.25, -0.2) is 4.79 Å². The summed E-state index contributed by atoms with van der Waals surface area (Å²) >= 11 is 5.56. The molecule has 13 nitrogen and oxygen atoms in total.